The monoisotopic (exact) mass is 189 g/mol. The molecule has 3 nitrogen and oxygen atoms in total. The van der Waals surface area contributed by atoms with Crippen LogP contribution in [0.15, 0.2) is 18.2 Å². The van der Waals surface area contributed by atoms with Crippen molar-refractivity contribution in [3.63, 3.8) is 0 Å². The van der Waals surface area contributed by atoms with E-state index in [1.54, 1.807) is 0 Å². The fraction of sp³-hybridized carbons (Fsp3) is 0.364. The average molecular weight is 189 g/mol. The predicted molar refractivity (Wildman–Crippen MR) is 50.9 cm³/mol. The minimum Gasteiger partial charge on any atom is -0.457 e. The number of carbonyl (C=O) groups is 1. The van der Waals surface area contributed by atoms with Gasteiger partial charge in [-0.05, 0) is 30.7 Å². The van der Waals surface area contributed by atoms with E-state index in [1.165, 1.54) is 12.0 Å². The normalized spacial score (nSPS) is 24.0. The van der Waals surface area contributed by atoms with Crippen molar-refractivity contribution in [3.8, 4) is 0 Å². The summed E-state index contributed by atoms with van der Waals surface area (Å²) in [6, 6.07) is 6.45. The molecule has 72 valence electrons. The van der Waals surface area contributed by atoms with Crippen molar-refractivity contribution in [2.45, 2.75) is 19.1 Å². The summed E-state index contributed by atoms with van der Waals surface area (Å²) < 4.78 is 4.95. The van der Waals surface area contributed by atoms with Gasteiger partial charge in [-0.25, -0.2) is 4.79 Å². The number of fused-ring (bicyclic) bond motifs is 1. The van der Waals surface area contributed by atoms with Gasteiger partial charge in [0.1, 0.15) is 6.61 Å². The molecule has 2 heterocycles. The lowest BCUT2D eigenvalue weighted by Crippen LogP contribution is -2.34. The van der Waals surface area contributed by atoms with E-state index in [2.05, 4.69) is 11.4 Å². The maximum atomic E-state index is 11.2. The minimum absolute atomic E-state index is 0.187. The molecule has 0 amide bonds. The Bertz CT molecular complexity index is 396. The summed E-state index contributed by atoms with van der Waals surface area (Å²) in [6.45, 7) is 1.53. The first-order chi connectivity index (χ1) is 6.84. The van der Waals surface area contributed by atoms with Crippen LogP contribution in [0, 0.1) is 0 Å². The Kier molecular flexibility index (Phi) is 1.61. The van der Waals surface area contributed by atoms with Crippen molar-refractivity contribution < 1.29 is 9.53 Å². The zero-order valence-corrected chi connectivity index (χ0v) is 7.75. The number of hydrogen-bond donors (Lipinski definition) is 1. The van der Waals surface area contributed by atoms with Gasteiger partial charge in [-0.3, -0.25) is 0 Å². The van der Waals surface area contributed by atoms with Crippen molar-refractivity contribution >= 4 is 5.97 Å². The summed E-state index contributed by atoms with van der Waals surface area (Å²) in [6.07, 6.45) is 1.19. The second-order valence-corrected chi connectivity index (χ2v) is 3.79. The quantitative estimate of drug-likeness (QED) is 0.678. The van der Waals surface area contributed by atoms with E-state index in [0.717, 1.165) is 17.7 Å². The first-order valence-corrected chi connectivity index (χ1v) is 4.88. The molecule has 1 fully saturated rings. The highest BCUT2D eigenvalue weighted by atomic mass is 16.5. The molecule has 1 N–H and O–H groups in total. The van der Waals surface area contributed by atoms with Crippen LogP contribution >= 0.6 is 0 Å². The summed E-state index contributed by atoms with van der Waals surface area (Å²) in [7, 11) is 0. The number of benzene rings is 1. The van der Waals surface area contributed by atoms with E-state index < -0.39 is 0 Å². The molecule has 0 saturated carbocycles. The van der Waals surface area contributed by atoms with Crippen molar-refractivity contribution in [1.29, 1.82) is 0 Å². The maximum Gasteiger partial charge on any atom is 0.338 e. The third kappa shape index (κ3) is 1.06. The molecule has 1 saturated heterocycles. The zero-order valence-electron chi connectivity index (χ0n) is 7.75. The van der Waals surface area contributed by atoms with Crippen molar-refractivity contribution in [3.05, 3.63) is 34.9 Å². The number of hydrogen-bond acceptors (Lipinski definition) is 3. The summed E-state index contributed by atoms with van der Waals surface area (Å²) in [5, 5.41) is 3.34. The summed E-state index contributed by atoms with van der Waals surface area (Å²) in [5.74, 6) is -0.187. The first-order valence-electron chi connectivity index (χ1n) is 4.88. The largest absolute Gasteiger partial charge is 0.457 e. The standard InChI is InChI=1S/C11H11NO2/c13-11-9-2-1-7(10-3-4-12-10)5-8(9)6-14-11/h1-2,5,10,12H,3-4,6H2/t10-/m0/s1. The van der Waals surface area contributed by atoms with E-state index in [1.807, 2.05) is 12.1 Å². The molecule has 2 aliphatic heterocycles. The highest BCUT2D eigenvalue weighted by Gasteiger charge is 2.24. The molecule has 1 aromatic carbocycles. The second-order valence-electron chi connectivity index (χ2n) is 3.79. The summed E-state index contributed by atoms with van der Waals surface area (Å²) >= 11 is 0. The van der Waals surface area contributed by atoms with Crippen LogP contribution in [0.25, 0.3) is 0 Å². The number of carbonyl (C=O) groups excluding carboxylic acids is 1. The van der Waals surface area contributed by atoms with Gasteiger partial charge in [0, 0.05) is 11.6 Å². The summed E-state index contributed by atoms with van der Waals surface area (Å²) in [5.41, 5.74) is 3.03. The maximum absolute atomic E-state index is 11.2. The molecule has 0 aromatic heterocycles. The molecule has 0 radical (unpaired) electrons. The van der Waals surface area contributed by atoms with Crippen LogP contribution in [0.1, 0.15) is 33.9 Å². The Morgan fingerprint density at radius 3 is 3.00 bits per heavy atom. The molecule has 3 rings (SSSR count). The number of esters is 1. The fourth-order valence-corrected chi connectivity index (χ4v) is 1.94. The van der Waals surface area contributed by atoms with Crippen LogP contribution in [0.5, 0.6) is 0 Å². The number of ether oxygens (including phenoxy) is 1. The molecule has 1 aromatic rings. The van der Waals surface area contributed by atoms with Crippen LogP contribution in [0.3, 0.4) is 0 Å². The van der Waals surface area contributed by atoms with Gasteiger partial charge in [-0.2, -0.15) is 0 Å². The Hall–Kier alpha value is -1.35. The molecule has 1 atom stereocenters. The van der Waals surface area contributed by atoms with Gasteiger partial charge in [-0.1, -0.05) is 6.07 Å². The second kappa shape index (κ2) is 2.82. The van der Waals surface area contributed by atoms with E-state index in [9.17, 15) is 4.79 Å². The van der Waals surface area contributed by atoms with Crippen LogP contribution in [0.2, 0.25) is 0 Å². The van der Waals surface area contributed by atoms with Crippen LogP contribution in [-0.2, 0) is 11.3 Å². The number of nitrogens with one attached hydrogen (secondary N) is 1. The van der Waals surface area contributed by atoms with Gasteiger partial charge in [0.25, 0.3) is 0 Å². The third-order valence-corrected chi connectivity index (χ3v) is 2.93. The Morgan fingerprint density at radius 2 is 2.29 bits per heavy atom. The highest BCUT2D eigenvalue weighted by Crippen LogP contribution is 2.27. The number of rotatable bonds is 1. The molecule has 0 unspecified atom stereocenters. The van der Waals surface area contributed by atoms with Gasteiger partial charge in [0.15, 0.2) is 0 Å². The third-order valence-electron chi connectivity index (χ3n) is 2.93. The van der Waals surface area contributed by atoms with Gasteiger partial charge in [0.2, 0.25) is 0 Å². The van der Waals surface area contributed by atoms with E-state index >= 15 is 0 Å². The van der Waals surface area contributed by atoms with Gasteiger partial charge in [-0.15, -0.1) is 0 Å². The predicted octanol–water partition coefficient (Wildman–Crippen LogP) is 1.39. The lowest BCUT2D eigenvalue weighted by atomic mass is 9.95. The Morgan fingerprint density at radius 1 is 1.43 bits per heavy atom. The fourth-order valence-electron chi connectivity index (χ4n) is 1.94. The van der Waals surface area contributed by atoms with Crippen LogP contribution in [0.4, 0.5) is 0 Å². The molecule has 0 aliphatic carbocycles. The molecule has 14 heavy (non-hydrogen) atoms. The summed E-state index contributed by atoms with van der Waals surface area (Å²) in [4.78, 5) is 11.2. The Balaban J connectivity index is 1.98. The molecule has 2 aliphatic rings. The molecule has 0 spiro atoms. The first kappa shape index (κ1) is 8.00. The molecule has 0 bridgehead atoms. The molecular weight excluding hydrogens is 178 g/mol. The topological polar surface area (TPSA) is 38.3 Å². The number of cyclic esters (lactones) is 1. The average Bonchev–Trinajstić information content (AvgIpc) is 2.45. The SMILES string of the molecule is O=C1OCc2cc([C@@H]3CCN3)ccc21. The van der Waals surface area contributed by atoms with Crippen molar-refractivity contribution in [2.75, 3.05) is 6.54 Å². The molecular formula is C11H11NO2. The Labute approximate surface area is 82.1 Å². The molecule has 3 heteroatoms. The lowest BCUT2D eigenvalue weighted by Gasteiger charge is -2.28. The van der Waals surface area contributed by atoms with Gasteiger partial charge >= 0.3 is 5.97 Å². The van der Waals surface area contributed by atoms with Crippen molar-refractivity contribution in [1.82, 2.24) is 5.32 Å². The van der Waals surface area contributed by atoms with Gasteiger partial charge < -0.3 is 10.1 Å². The lowest BCUT2D eigenvalue weighted by molar-refractivity contribution is 0.0535. The minimum atomic E-state index is -0.187. The van der Waals surface area contributed by atoms with Crippen LogP contribution < -0.4 is 5.32 Å². The van der Waals surface area contributed by atoms with E-state index in [0.29, 0.717) is 12.6 Å². The van der Waals surface area contributed by atoms with Gasteiger partial charge in [0.05, 0.1) is 5.56 Å². The van der Waals surface area contributed by atoms with E-state index in [4.69, 9.17) is 4.74 Å². The zero-order chi connectivity index (χ0) is 9.54. The van der Waals surface area contributed by atoms with Crippen molar-refractivity contribution in [2.24, 2.45) is 0 Å². The smallest absolute Gasteiger partial charge is 0.338 e. The van der Waals surface area contributed by atoms with E-state index in [-0.39, 0.29) is 5.97 Å². The highest BCUT2D eigenvalue weighted by molar-refractivity contribution is 5.93. The van der Waals surface area contributed by atoms with Crippen LogP contribution in [-0.4, -0.2) is 12.5 Å².